The van der Waals surface area contributed by atoms with Crippen LogP contribution in [0.25, 0.3) is 0 Å². The molecule has 0 aliphatic heterocycles. The van der Waals surface area contributed by atoms with Crippen LogP contribution in [0.2, 0.25) is 0 Å². The quantitative estimate of drug-likeness (QED) is 0.635. The predicted molar refractivity (Wildman–Crippen MR) is 47.1 cm³/mol. The lowest BCUT2D eigenvalue weighted by Crippen LogP contribution is -2.09. The number of Topliss-reactive ketones (excluding diaryl/α,β-unsaturated/α-hetero) is 1. The summed E-state index contributed by atoms with van der Waals surface area (Å²) < 4.78 is 1.58. The summed E-state index contributed by atoms with van der Waals surface area (Å²) in [4.78, 5) is 11.5. The van der Waals surface area contributed by atoms with Crippen molar-refractivity contribution in [2.45, 2.75) is 13.8 Å². The minimum absolute atomic E-state index is 0.159. The predicted octanol–water partition coefficient (Wildman–Crippen LogP) is 1.07. The molecule has 0 aliphatic rings. The van der Waals surface area contributed by atoms with Gasteiger partial charge in [-0.3, -0.25) is 9.48 Å². The maximum absolute atomic E-state index is 11.5. The summed E-state index contributed by atoms with van der Waals surface area (Å²) in [5.74, 6) is -0.754. The molecular formula is C9H11N3O. The van der Waals surface area contributed by atoms with Crippen LogP contribution in [-0.2, 0) is 7.05 Å². The normalized spacial score (nSPS) is 12.2. The standard InChI is InChI=1S/C9H11N3O/c1-6(4-10)9(13)8-5-12(3)11-7(8)2/h5-6H,1-3H3. The van der Waals surface area contributed by atoms with E-state index in [-0.39, 0.29) is 5.78 Å². The molecule has 0 saturated heterocycles. The van der Waals surface area contributed by atoms with E-state index in [2.05, 4.69) is 5.10 Å². The second-order valence-electron chi connectivity index (χ2n) is 3.02. The highest BCUT2D eigenvalue weighted by molar-refractivity contribution is 5.99. The molecule has 13 heavy (non-hydrogen) atoms. The van der Waals surface area contributed by atoms with Gasteiger partial charge in [0.2, 0.25) is 0 Å². The third-order valence-electron chi connectivity index (χ3n) is 1.87. The van der Waals surface area contributed by atoms with Gasteiger partial charge in [-0.1, -0.05) is 0 Å². The summed E-state index contributed by atoms with van der Waals surface area (Å²) in [5, 5.41) is 12.6. The molecule has 1 heterocycles. The molecule has 1 aromatic heterocycles. The van der Waals surface area contributed by atoms with Crippen molar-refractivity contribution in [3.63, 3.8) is 0 Å². The Bertz CT molecular complexity index is 373. The Kier molecular flexibility index (Phi) is 2.47. The van der Waals surface area contributed by atoms with Crippen LogP contribution in [0.1, 0.15) is 23.0 Å². The first-order valence-corrected chi connectivity index (χ1v) is 4.00. The summed E-state index contributed by atoms with van der Waals surface area (Å²) in [7, 11) is 1.75. The Morgan fingerprint density at radius 1 is 1.77 bits per heavy atom. The number of nitriles is 1. The molecule has 1 rings (SSSR count). The van der Waals surface area contributed by atoms with Crippen LogP contribution in [0, 0.1) is 24.2 Å². The van der Waals surface area contributed by atoms with E-state index < -0.39 is 5.92 Å². The zero-order valence-electron chi connectivity index (χ0n) is 7.90. The molecule has 0 radical (unpaired) electrons. The minimum Gasteiger partial charge on any atom is -0.293 e. The highest BCUT2D eigenvalue weighted by atomic mass is 16.1. The molecule has 1 atom stereocenters. The van der Waals surface area contributed by atoms with Crippen molar-refractivity contribution in [3.05, 3.63) is 17.5 Å². The van der Waals surface area contributed by atoms with Crippen molar-refractivity contribution in [2.24, 2.45) is 13.0 Å². The van der Waals surface area contributed by atoms with Gasteiger partial charge in [-0.15, -0.1) is 0 Å². The average molecular weight is 177 g/mol. The molecular weight excluding hydrogens is 166 g/mol. The van der Waals surface area contributed by atoms with Crippen LogP contribution in [0.4, 0.5) is 0 Å². The number of hydrogen-bond donors (Lipinski definition) is 0. The summed E-state index contributed by atoms with van der Waals surface area (Å²) in [5.41, 5.74) is 1.21. The van der Waals surface area contributed by atoms with Gasteiger partial charge in [0.1, 0.15) is 5.92 Å². The maximum atomic E-state index is 11.5. The van der Waals surface area contributed by atoms with E-state index in [1.54, 1.807) is 31.8 Å². The van der Waals surface area contributed by atoms with Crippen LogP contribution >= 0.6 is 0 Å². The fourth-order valence-corrected chi connectivity index (χ4v) is 1.13. The second kappa shape index (κ2) is 3.40. The first kappa shape index (κ1) is 9.46. The van der Waals surface area contributed by atoms with Gasteiger partial charge in [0.05, 0.1) is 17.3 Å². The highest BCUT2D eigenvalue weighted by Crippen LogP contribution is 2.11. The van der Waals surface area contributed by atoms with Crippen LogP contribution in [0.3, 0.4) is 0 Å². The molecule has 0 bridgehead atoms. The minimum atomic E-state index is -0.595. The topological polar surface area (TPSA) is 58.7 Å². The number of nitrogens with zero attached hydrogens (tertiary/aromatic N) is 3. The van der Waals surface area contributed by atoms with E-state index in [0.29, 0.717) is 11.3 Å². The zero-order valence-corrected chi connectivity index (χ0v) is 7.90. The van der Waals surface area contributed by atoms with Crippen LogP contribution in [-0.4, -0.2) is 15.6 Å². The van der Waals surface area contributed by atoms with Gasteiger partial charge in [0, 0.05) is 13.2 Å². The Morgan fingerprint density at radius 2 is 2.38 bits per heavy atom. The SMILES string of the molecule is Cc1nn(C)cc1C(=O)C(C)C#N. The lowest BCUT2D eigenvalue weighted by Gasteiger charge is -1.98. The first-order chi connectivity index (χ1) is 6.06. The monoisotopic (exact) mass is 177 g/mol. The van der Waals surface area contributed by atoms with Crippen LogP contribution in [0.5, 0.6) is 0 Å². The number of carbonyl (C=O) groups excluding carboxylic acids is 1. The van der Waals surface area contributed by atoms with Gasteiger partial charge in [0.15, 0.2) is 5.78 Å². The fourth-order valence-electron chi connectivity index (χ4n) is 1.13. The van der Waals surface area contributed by atoms with E-state index in [1.165, 1.54) is 0 Å². The Hall–Kier alpha value is -1.63. The van der Waals surface area contributed by atoms with Gasteiger partial charge in [-0.2, -0.15) is 10.4 Å². The summed E-state index contributed by atoms with van der Waals surface area (Å²) in [6.45, 7) is 3.35. The molecule has 0 aromatic carbocycles. The summed E-state index contributed by atoms with van der Waals surface area (Å²) in [6, 6.07) is 1.91. The number of aromatic nitrogens is 2. The molecule has 0 fully saturated rings. The third-order valence-corrected chi connectivity index (χ3v) is 1.87. The van der Waals surface area contributed by atoms with Gasteiger partial charge >= 0.3 is 0 Å². The number of aryl methyl sites for hydroxylation is 2. The van der Waals surface area contributed by atoms with Crippen molar-refractivity contribution in [3.8, 4) is 6.07 Å². The lowest BCUT2D eigenvalue weighted by molar-refractivity contribution is 0.0956. The molecule has 68 valence electrons. The Morgan fingerprint density at radius 3 is 2.77 bits per heavy atom. The average Bonchev–Trinajstić information content (AvgIpc) is 2.42. The smallest absolute Gasteiger partial charge is 0.183 e. The third kappa shape index (κ3) is 1.75. The molecule has 0 saturated carbocycles. The number of hydrogen-bond acceptors (Lipinski definition) is 3. The van der Waals surface area contributed by atoms with Crippen LogP contribution in [0.15, 0.2) is 6.20 Å². The maximum Gasteiger partial charge on any atom is 0.183 e. The van der Waals surface area contributed by atoms with Gasteiger partial charge in [0.25, 0.3) is 0 Å². The fraction of sp³-hybridized carbons (Fsp3) is 0.444. The lowest BCUT2D eigenvalue weighted by atomic mass is 10.0. The number of carbonyl (C=O) groups is 1. The molecule has 0 aliphatic carbocycles. The van der Waals surface area contributed by atoms with E-state index >= 15 is 0 Å². The summed E-state index contributed by atoms with van der Waals surface area (Å²) >= 11 is 0. The van der Waals surface area contributed by atoms with E-state index in [4.69, 9.17) is 5.26 Å². The van der Waals surface area contributed by atoms with Crippen molar-refractivity contribution in [2.75, 3.05) is 0 Å². The van der Waals surface area contributed by atoms with Crippen molar-refractivity contribution in [1.82, 2.24) is 9.78 Å². The Labute approximate surface area is 76.8 Å². The summed E-state index contributed by atoms with van der Waals surface area (Å²) in [6.07, 6.45) is 1.64. The van der Waals surface area contributed by atoms with Gasteiger partial charge in [-0.05, 0) is 13.8 Å². The molecule has 0 amide bonds. The molecule has 0 N–H and O–H groups in total. The second-order valence-corrected chi connectivity index (χ2v) is 3.02. The molecule has 4 nitrogen and oxygen atoms in total. The van der Waals surface area contributed by atoms with Crippen molar-refractivity contribution in [1.29, 1.82) is 5.26 Å². The largest absolute Gasteiger partial charge is 0.293 e. The highest BCUT2D eigenvalue weighted by Gasteiger charge is 2.18. The molecule has 0 spiro atoms. The van der Waals surface area contributed by atoms with E-state index in [0.717, 1.165) is 0 Å². The van der Waals surface area contributed by atoms with Gasteiger partial charge < -0.3 is 0 Å². The first-order valence-electron chi connectivity index (χ1n) is 4.00. The zero-order chi connectivity index (χ0) is 10.0. The van der Waals surface area contributed by atoms with E-state index in [1.807, 2.05) is 6.07 Å². The van der Waals surface area contributed by atoms with Gasteiger partial charge in [-0.25, -0.2) is 0 Å². The molecule has 1 aromatic rings. The van der Waals surface area contributed by atoms with Crippen molar-refractivity contribution >= 4 is 5.78 Å². The molecule has 1 unspecified atom stereocenters. The molecule has 4 heteroatoms. The number of rotatable bonds is 2. The van der Waals surface area contributed by atoms with E-state index in [9.17, 15) is 4.79 Å². The van der Waals surface area contributed by atoms with Crippen molar-refractivity contribution < 1.29 is 4.79 Å². The van der Waals surface area contributed by atoms with Crippen LogP contribution < -0.4 is 0 Å². The Balaban J connectivity index is 3.03. The number of ketones is 1.